The first-order valence-electron chi connectivity index (χ1n) is 5.93. The minimum absolute atomic E-state index is 0.657. The molecule has 1 unspecified atom stereocenters. The maximum Gasteiger partial charge on any atom is 0.128 e. The molecule has 0 aliphatic rings. The Labute approximate surface area is 109 Å². The standard InChI is InChI=1S/C14H23NO3/c1-8-9(2)12(18-6)10(7-11(8)17-5)13(16)14(3,4)15/h7,13,16H,15H2,1-6H3. The van der Waals surface area contributed by atoms with Crippen molar-refractivity contribution in [3.8, 4) is 11.5 Å². The SMILES string of the molecule is COc1cc(C(O)C(C)(C)N)c(OC)c(C)c1C. The third kappa shape index (κ3) is 2.60. The van der Waals surface area contributed by atoms with E-state index in [2.05, 4.69) is 0 Å². The normalized spacial score (nSPS) is 13.3. The Kier molecular flexibility index (Phi) is 4.24. The van der Waals surface area contributed by atoms with Crippen LogP contribution < -0.4 is 15.2 Å². The summed E-state index contributed by atoms with van der Waals surface area (Å²) in [5.41, 5.74) is 7.83. The highest BCUT2D eigenvalue weighted by Gasteiger charge is 2.29. The van der Waals surface area contributed by atoms with Gasteiger partial charge in [0.1, 0.15) is 17.6 Å². The van der Waals surface area contributed by atoms with Gasteiger partial charge in [0.25, 0.3) is 0 Å². The van der Waals surface area contributed by atoms with Crippen molar-refractivity contribution in [3.05, 3.63) is 22.8 Å². The highest BCUT2D eigenvalue weighted by atomic mass is 16.5. The third-order valence-electron chi connectivity index (χ3n) is 3.24. The fourth-order valence-electron chi connectivity index (χ4n) is 1.97. The van der Waals surface area contributed by atoms with Crippen molar-refractivity contribution in [1.29, 1.82) is 0 Å². The van der Waals surface area contributed by atoms with Crippen molar-refractivity contribution in [2.24, 2.45) is 5.73 Å². The molecule has 3 N–H and O–H groups in total. The van der Waals surface area contributed by atoms with E-state index in [-0.39, 0.29) is 0 Å². The van der Waals surface area contributed by atoms with Crippen molar-refractivity contribution < 1.29 is 14.6 Å². The fraction of sp³-hybridized carbons (Fsp3) is 0.571. The molecule has 1 rings (SSSR count). The number of methoxy groups -OCH3 is 2. The summed E-state index contributed by atoms with van der Waals surface area (Å²) >= 11 is 0. The number of benzene rings is 1. The van der Waals surface area contributed by atoms with Gasteiger partial charge in [-0.3, -0.25) is 0 Å². The Balaban J connectivity index is 3.47. The second-order valence-corrected chi connectivity index (χ2v) is 5.18. The molecular weight excluding hydrogens is 230 g/mol. The van der Waals surface area contributed by atoms with Gasteiger partial charge in [-0.1, -0.05) is 0 Å². The van der Waals surface area contributed by atoms with E-state index >= 15 is 0 Å². The summed E-state index contributed by atoms with van der Waals surface area (Å²) < 4.78 is 10.7. The molecule has 4 nitrogen and oxygen atoms in total. The number of hydrogen-bond acceptors (Lipinski definition) is 4. The van der Waals surface area contributed by atoms with Crippen LogP contribution in [0.4, 0.5) is 0 Å². The van der Waals surface area contributed by atoms with Crippen molar-refractivity contribution in [1.82, 2.24) is 0 Å². The van der Waals surface area contributed by atoms with E-state index in [1.807, 2.05) is 13.8 Å². The van der Waals surface area contributed by atoms with Gasteiger partial charge >= 0.3 is 0 Å². The lowest BCUT2D eigenvalue weighted by Crippen LogP contribution is -2.39. The average molecular weight is 253 g/mol. The second kappa shape index (κ2) is 5.16. The Bertz CT molecular complexity index is 436. The predicted octanol–water partition coefficient (Wildman–Crippen LogP) is 2.09. The molecule has 0 aliphatic heterocycles. The van der Waals surface area contributed by atoms with Gasteiger partial charge in [0.05, 0.1) is 14.2 Å². The minimum Gasteiger partial charge on any atom is -0.496 e. The van der Waals surface area contributed by atoms with Gasteiger partial charge in [0, 0.05) is 11.1 Å². The summed E-state index contributed by atoms with van der Waals surface area (Å²) in [7, 11) is 3.20. The molecule has 0 aromatic heterocycles. The molecule has 0 radical (unpaired) electrons. The molecule has 1 atom stereocenters. The number of rotatable bonds is 4. The van der Waals surface area contributed by atoms with Gasteiger partial charge in [-0.2, -0.15) is 0 Å². The van der Waals surface area contributed by atoms with Crippen molar-refractivity contribution in [3.63, 3.8) is 0 Å². The van der Waals surface area contributed by atoms with Gasteiger partial charge in [0.2, 0.25) is 0 Å². The number of hydrogen-bond donors (Lipinski definition) is 2. The summed E-state index contributed by atoms with van der Waals surface area (Å²) in [4.78, 5) is 0. The molecule has 1 aromatic rings. The first-order chi connectivity index (χ1) is 8.23. The quantitative estimate of drug-likeness (QED) is 0.862. The van der Waals surface area contributed by atoms with E-state index in [9.17, 15) is 5.11 Å². The number of aliphatic hydroxyl groups excluding tert-OH is 1. The maximum atomic E-state index is 10.3. The Morgan fingerprint density at radius 2 is 1.72 bits per heavy atom. The van der Waals surface area contributed by atoms with E-state index in [0.29, 0.717) is 11.3 Å². The summed E-state index contributed by atoms with van der Waals surface area (Å²) in [6, 6.07) is 1.79. The first kappa shape index (κ1) is 14.8. The van der Waals surface area contributed by atoms with Gasteiger partial charge in [-0.05, 0) is 44.9 Å². The van der Waals surface area contributed by atoms with Gasteiger partial charge in [-0.15, -0.1) is 0 Å². The molecule has 1 aromatic carbocycles. The number of aliphatic hydroxyl groups is 1. The van der Waals surface area contributed by atoms with E-state index in [4.69, 9.17) is 15.2 Å². The van der Waals surface area contributed by atoms with Crippen LogP contribution in [0, 0.1) is 13.8 Å². The smallest absolute Gasteiger partial charge is 0.128 e. The van der Waals surface area contributed by atoms with Crippen LogP contribution in [0.2, 0.25) is 0 Å². The molecule has 0 heterocycles. The lowest BCUT2D eigenvalue weighted by atomic mass is 9.89. The highest BCUT2D eigenvalue weighted by Crippen LogP contribution is 2.39. The summed E-state index contributed by atoms with van der Waals surface area (Å²) in [5, 5.41) is 10.3. The molecule has 0 amide bonds. The number of ether oxygens (including phenoxy) is 2. The molecule has 18 heavy (non-hydrogen) atoms. The Morgan fingerprint density at radius 3 is 2.11 bits per heavy atom. The molecule has 0 saturated carbocycles. The van der Waals surface area contributed by atoms with Crippen LogP contribution in [-0.2, 0) is 0 Å². The number of nitrogens with two attached hydrogens (primary N) is 1. The lowest BCUT2D eigenvalue weighted by molar-refractivity contribution is 0.101. The molecule has 0 aliphatic carbocycles. The zero-order valence-corrected chi connectivity index (χ0v) is 12.0. The van der Waals surface area contributed by atoms with Gasteiger partial charge < -0.3 is 20.3 Å². The van der Waals surface area contributed by atoms with E-state index in [1.165, 1.54) is 0 Å². The molecule has 0 saturated heterocycles. The van der Waals surface area contributed by atoms with Crippen LogP contribution >= 0.6 is 0 Å². The predicted molar refractivity (Wildman–Crippen MR) is 72.2 cm³/mol. The van der Waals surface area contributed by atoms with Crippen LogP contribution in [0.3, 0.4) is 0 Å². The van der Waals surface area contributed by atoms with Crippen molar-refractivity contribution in [2.45, 2.75) is 39.3 Å². The molecular formula is C14H23NO3. The van der Waals surface area contributed by atoms with Gasteiger partial charge in [-0.25, -0.2) is 0 Å². The van der Waals surface area contributed by atoms with Gasteiger partial charge in [0.15, 0.2) is 0 Å². The molecule has 0 fully saturated rings. The Hall–Kier alpha value is -1.26. The van der Waals surface area contributed by atoms with E-state index in [0.717, 1.165) is 16.9 Å². The highest BCUT2D eigenvalue weighted by molar-refractivity contribution is 5.53. The monoisotopic (exact) mass is 253 g/mol. The zero-order chi connectivity index (χ0) is 14.1. The fourth-order valence-corrected chi connectivity index (χ4v) is 1.97. The van der Waals surface area contributed by atoms with Crippen LogP contribution in [0.5, 0.6) is 11.5 Å². The first-order valence-corrected chi connectivity index (χ1v) is 5.93. The van der Waals surface area contributed by atoms with E-state index < -0.39 is 11.6 Å². The average Bonchev–Trinajstić information content (AvgIpc) is 2.30. The van der Waals surface area contributed by atoms with Crippen LogP contribution in [-0.4, -0.2) is 24.9 Å². The third-order valence-corrected chi connectivity index (χ3v) is 3.24. The Morgan fingerprint density at radius 1 is 1.17 bits per heavy atom. The summed E-state index contributed by atoms with van der Waals surface area (Å²) in [5.74, 6) is 1.39. The lowest BCUT2D eigenvalue weighted by Gasteiger charge is -2.29. The van der Waals surface area contributed by atoms with Crippen molar-refractivity contribution >= 4 is 0 Å². The second-order valence-electron chi connectivity index (χ2n) is 5.18. The molecule has 0 bridgehead atoms. The molecule has 4 heteroatoms. The molecule has 0 spiro atoms. The topological polar surface area (TPSA) is 64.7 Å². The maximum absolute atomic E-state index is 10.3. The van der Waals surface area contributed by atoms with Crippen LogP contribution in [0.1, 0.15) is 36.6 Å². The van der Waals surface area contributed by atoms with E-state index in [1.54, 1.807) is 34.1 Å². The summed E-state index contributed by atoms with van der Waals surface area (Å²) in [6.07, 6.45) is -0.819. The van der Waals surface area contributed by atoms with Crippen LogP contribution in [0.15, 0.2) is 6.07 Å². The largest absolute Gasteiger partial charge is 0.496 e. The zero-order valence-electron chi connectivity index (χ0n) is 12.0. The molecule has 102 valence electrons. The minimum atomic E-state index is -0.819. The summed E-state index contributed by atoms with van der Waals surface area (Å²) in [6.45, 7) is 7.45. The van der Waals surface area contributed by atoms with Crippen molar-refractivity contribution in [2.75, 3.05) is 14.2 Å². The van der Waals surface area contributed by atoms with Crippen LogP contribution in [0.25, 0.3) is 0 Å².